The van der Waals surface area contributed by atoms with E-state index in [-0.39, 0.29) is 5.75 Å². The van der Waals surface area contributed by atoms with Gasteiger partial charge in [-0.1, -0.05) is 41.9 Å². The maximum Gasteiger partial charge on any atom is 0.344 e. The number of hydrogen-bond donors (Lipinski definition) is 2. The number of esters is 1. The fourth-order valence-corrected chi connectivity index (χ4v) is 3.42. The van der Waals surface area contributed by atoms with Crippen molar-refractivity contribution in [2.24, 2.45) is 5.10 Å². The van der Waals surface area contributed by atoms with Crippen molar-refractivity contribution < 1.29 is 19.1 Å². The summed E-state index contributed by atoms with van der Waals surface area (Å²) in [6.45, 7) is 3.34. The number of para-hydroxylation sites is 1. The molecule has 0 aromatic heterocycles. The minimum absolute atomic E-state index is 0.257. The number of halogens is 2. The number of hydrazone groups is 1. The first-order chi connectivity index (χ1) is 15.8. The fourth-order valence-electron chi connectivity index (χ4n) is 2.80. The zero-order valence-electron chi connectivity index (χ0n) is 17.7. The number of carbonyl (C=O) groups is 3. The van der Waals surface area contributed by atoms with Gasteiger partial charge in [-0.2, -0.15) is 5.10 Å². The van der Waals surface area contributed by atoms with Crippen molar-refractivity contribution in [3.05, 3.63) is 92.9 Å². The Labute approximate surface area is 203 Å². The third-order valence-electron chi connectivity index (χ3n) is 4.62. The maximum atomic E-state index is 12.6. The molecule has 3 aromatic carbocycles. The molecule has 0 atom stereocenters. The normalized spacial score (nSPS) is 11.0. The van der Waals surface area contributed by atoms with Gasteiger partial charge in [0.2, 0.25) is 0 Å². The number of ether oxygens (including phenoxy) is 1. The highest BCUT2D eigenvalue weighted by molar-refractivity contribution is 9.10. The second kappa shape index (κ2) is 10.9. The zero-order valence-corrected chi connectivity index (χ0v) is 20.0. The van der Waals surface area contributed by atoms with Gasteiger partial charge in [0.15, 0.2) is 0 Å². The van der Waals surface area contributed by atoms with Crippen LogP contribution in [0.25, 0.3) is 0 Å². The molecule has 0 fully saturated rings. The van der Waals surface area contributed by atoms with Crippen LogP contribution in [0.3, 0.4) is 0 Å². The van der Waals surface area contributed by atoms with Crippen molar-refractivity contribution in [1.29, 1.82) is 0 Å². The quantitative estimate of drug-likeness (QED) is 0.158. The molecule has 2 N–H and O–H groups in total. The van der Waals surface area contributed by atoms with Crippen LogP contribution in [-0.2, 0) is 9.59 Å². The molecule has 0 aliphatic heterocycles. The molecule has 3 aromatic rings. The first-order valence-electron chi connectivity index (χ1n) is 9.74. The van der Waals surface area contributed by atoms with Gasteiger partial charge in [-0.3, -0.25) is 9.59 Å². The molecular weight excluding hydrogens is 510 g/mol. The molecular formula is C24H19BrClN3O4. The summed E-state index contributed by atoms with van der Waals surface area (Å²) < 4.78 is 6.14. The maximum absolute atomic E-state index is 12.6. The smallest absolute Gasteiger partial charge is 0.344 e. The largest absolute Gasteiger partial charge is 0.422 e. The van der Waals surface area contributed by atoms with Crippen molar-refractivity contribution >= 4 is 56.7 Å². The number of hydrogen-bond acceptors (Lipinski definition) is 5. The van der Waals surface area contributed by atoms with Crippen molar-refractivity contribution in [2.45, 2.75) is 13.8 Å². The van der Waals surface area contributed by atoms with Gasteiger partial charge in [-0.15, -0.1) is 0 Å². The fraction of sp³-hybridized carbons (Fsp3) is 0.0833. The molecule has 9 heteroatoms. The highest BCUT2D eigenvalue weighted by Gasteiger charge is 2.17. The van der Waals surface area contributed by atoms with E-state index in [1.165, 1.54) is 0 Å². The summed E-state index contributed by atoms with van der Waals surface area (Å²) in [6, 6.07) is 18.6. The average Bonchev–Trinajstić information content (AvgIpc) is 2.80. The van der Waals surface area contributed by atoms with E-state index < -0.39 is 17.8 Å². The number of amides is 2. The Morgan fingerprint density at radius 3 is 2.30 bits per heavy atom. The summed E-state index contributed by atoms with van der Waals surface area (Å²) in [5.74, 6) is -2.15. The van der Waals surface area contributed by atoms with E-state index in [2.05, 4.69) is 31.8 Å². The molecule has 0 saturated heterocycles. The topological polar surface area (TPSA) is 96.9 Å². The number of nitrogens with one attached hydrogen (secondary N) is 2. The lowest BCUT2D eigenvalue weighted by Crippen LogP contribution is -2.33. The lowest BCUT2D eigenvalue weighted by Gasteiger charge is -2.11. The first kappa shape index (κ1) is 24.2. The summed E-state index contributed by atoms with van der Waals surface area (Å²) >= 11 is 9.36. The van der Waals surface area contributed by atoms with E-state index in [0.717, 1.165) is 0 Å². The van der Waals surface area contributed by atoms with Crippen LogP contribution in [0.2, 0.25) is 5.02 Å². The van der Waals surface area contributed by atoms with Crippen LogP contribution in [0.15, 0.2) is 76.3 Å². The summed E-state index contributed by atoms with van der Waals surface area (Å²) in [5, 5.41) is 6.95. The van der Waals surface area contributed by atoms with Crippen LogP contribution < -0.4 is 15.5 Å². The summed E-state index contributed by atoms with van der Waals surface area (Å²) in [4.78, 5) is 37.0. The molecule has 168 valence electrons. The lowest BCUT2D eigenvalue weighted by atomic mass is 10.1. The van der Waals surface area contributed by atoms with Crippen LogP contribution in [0.5, 0.6) is 5.75 Å². The number of nitrogens with zero attached hydrogens (tertiary/aromatic N) is 1. The molecule has 0 unspecified atom stereocenters. The van der Waals surface area contributed by atoms with Gasteiger partial charge in [0.1, 0.15) is 5.75 Å². The third kappa shape index (κ3) is 6.06. The third-order valence-corrected chi connectivity index (χ3v) is 5.72. The van der Waals surface area contributed by atoms with E-state index in [4.69, 9.17) is 16.3 Å². The molecule has 2 amide bonds. The van der Waals surface area contributed by atoms with Crippen LogP contribution in [0.1, 0.15) is 28.4 Å². The Morgan fingerprint density at radius 1 is 0.909 bits per heavy atom. The Balaban J connectivity index is 1.71. The predicted molar refractivity (Wildman–Crippen MR) is 131 cm³/mol. The second-order valence-electron chi connectivity index (χ2n) is 6.87. The molecule has 0 aliphatic rings. The second-order valence-corrected chi connectivity index (χ2v) is 8.13. The van der Waals surface area contributed by atoms with Crippen LogP contribution in [0, 0.1) is 6.92 Å². The average molecular weight is 529 g/mol. The number of rotatable bonds is 5. The van der Waals surface area contributed by atoms with Crippen LogP contribution in [0.4, 0.5) is 5.69 Å². The number of benzene rings is 3. The standard InChI is InChI=1S/C24H19BrClN3O4/c1-14-19(26)11-7-12-20(14)27-22(30)23(31)29-28-15(2)16-8-4-6-13-21(16)33-24(32)17-9-3-5-10-18(17)25/h3-13H,1-2H3,(H,27,30)(H,29,31). The van der Waals surface area contributed by atoms with Gasteiger partial charge in [-0.25, -0.2) is 10.2 Å². The molecule has 0 heterocycles. The Kier molecular flexibility index (Phi) is 7.97. The van der Waals surface area contributed by atoms with Gasteiger partial charge < -0.3 is 10.1 Å². The lowest BCUT2D eigenvalue weighted by molar-refractivity contribution is -0.136. The highest BCUT2D eigenvalue weighted by atomic mass is 79.9. The Morgan fingerprint density at radius 2 is 1.58 bits per heavy atom. The van der Waals surface area contributed by atoms with Crippen LogP contribution >= 0.6 is 27.5 Å². The van der Waals surface area contributed by atoms with Crippen molar-refractivity contribution in [2.75, 3.05) is 5.32 Å². The SMILES string of the molecule is CC(=NNC(=O)C(=O)Nc1cccc(Cl)c1C)c1ccccc1OC(=O)c1ccccc1Br. The predicted octanol–water partition coefficient (Wildman–Crippen LogP) is 5.11. The Hall–Kier alpha value is -3.49. The molecule has 7 nitrogen and oxygen atoms in total. The summed E-state index contributed by atoms with van der Waals surface area (Å²) in [5.41, 5.74) is 4.45. The van der Waals surface area contributed by atoms with Gasteiger partial charge in [0.05, 0.1) is 11.3 Å². The van der Waals surface area contributed by atoms with Gasteiger partial charge in [-0.05, 0) is 71.7 Å². The van der Waals surface area contributed by atoms with E-state index in [0.29, 0.717) is 37.6 Å². The summed E-state index contributed by atoms with van der Waals surface area (Å²) in [7, 11) is 0. The molecule has 0 saturated carbocycles. The van der Waals surface area contributed by atoms with Gasteiger partial charge in [0, 0.05) is 20.7 Å². The highest BCUT2D eigenvalue weighted by Crippen LogP contribution is 2.24. The monoisotopic (exact) mass is 527 g/mol. The van der Waals surface area contributed by atoms with Crippen molar-refractivity contribution in [3.63, 3.8) is 0 Å². The van der Waals surface area contributed by atoms with Crippen molar-refractivity contribution in [1.82, 2.24) is 5.43 Å². The minimum Gasteiger partial charge on any atom is -0.422 e. The first-order valence-corrected chi connectivity index (χ1v) is 10.9. The van der Waals surface area contributed by atoms with E-state index >= 15 is 0 Å². The molecule has 33 heavy (non-hydrogen) atoms. The molecule has 0 spiro atoms. The van der Waals surface area contributed by atoms with Gasteiger partial charge in [0.25, 0.3) is 0 Å². The van der Waals surface area contributed by atoms with Crippen LogP contribution in [-0.4, -0.2) is 23.5 Å². The molecule has 0 bridgehead atoms. The Bertz CT molecular complexity index is 1260. The number of anilines is 1. The minimum atomic E-state index is -0.962. The molecule has 0 aliphatic carbocycles. The van der Waals surface area contributed by atoms with Crippen molar-refractivity contribution in [3.8, 4) is 5.75 Å². The van der Waals surface area contributed by atoms with E-state index in [9.17, 15) is 14.4 Å². The van der Waals surface area contributed by atoms with E-state index in [1.54, 1.807) is 80.6 Å². The number of carbonyl (C=O) groups excluding carboxylic acids is 3. The summed E-state index contributed by atoms with van der Waals surface area (Å²) in [6.07, 6.45) is 0. The zero-order chi connectivity index (χ0) is 24.0. The van der Waals surface area contributed by atoms with Gasteiger partial charge >= 0.3 is 17.8 Å². The molecule has 0 radical (unpaired) electrons. The van der Waals surface area contributed by atoms with E-state index in [1.807, 2.05) is 0 Å². The molecule has 3 rings (SSSR count).